The third kappa shape index (κ3) is 2.25. The van der Waals surface area contributed by atoms with Gasteiger partial charge in [-0.2, -0.15) is 0 Å². The third-order valence-electron chi connectivity index (χ3n) is 3.37. The van der Waals surface area contributed by atoms with E-state index in [0.717, 1.165) is 45.9 Å². The van der Waals surface area contributed by atoms with Crippen molar-refractivity contribution in [3.8, 4) is 0 Å². The van der Waals surface area contributed by atoms with E-state index in [2.05, 4.69) is 10.2 Å². The summed E-state index contributed by atoms with van der Waals surface area (Å²) < 4.78 is 5.43. The molecule has 0 aromatic rings. The average molecular weight is 199 g/mol. The fourth-order valence-electron chi connectivity index (χ4n) is 2.51. The Hall–Kier alpha value is -0.160. The highest BCUT2D eigenvalue weighted by molar-refractivity contribution is 4.85. The smallest absolute Gasteiger partial charge is 0.0510 e. The van der Waals surface area contributed by atoms with Gasteiger partial charge < -0.3 is 15.8 Å². The van der Waals surface area contributed by atoms with Crippen molar-refractivity contribution in [1.29, 1.82) is 0 Å². The Labute approximate surface area is 85.8 Å². The molecule has 0 aliphatic carbocycles. The summed E-state index contributed by atoms with van der Waals surface area (Å²) in [5, 5.41) is 3.37. The minimum atomic E-state index is 0.541. The maximum atomic E-state index is 5.87. The van der Waals surface area contributed by atoms with Crippen molar-refractivity contribution in [1.82, 2.24) is 10.2 Å². The molecule has 14 heavy (non-hydrogen) atoms. The second-order valence-corrected chi connectivity index (χ2v) is 4.21. The van der Waals surface area contributed by atoms with Crippen LogP contribution in [0, 0.1) is 5.92 Å². The Morgan fingerprint density at radius 3 is 2.79 bits per heavy atom. The molecule has 3 N–H and O–H groups in total. The number of hydrogen-bond acceptors (Lipinski definition) is 4. The zero-order valence-corrected chi connectivity index (χ0v) is 8.74. The Morgan fingerprint density at radius 1 is 1.43 bits per heavy atom. The molecule has 0 aromatic heterocycles. The summed E-state index contributed by atoms with van der Waals surface area (Å²) in [6.45, 7) is 7.08. The molecule has 0 aromatic carbocycles. The number of ether oxygens (including phenoxy) is 1. The molecular formula is C10H21N3O. The summed E-state index contributed by atoms with van der Waals surface area (Å²) in [5.41, 5.74) is 5.87. The van der Waals surface area contributed by atoms with E-state index in [9.17, 15) is 0 Å². The largest absolute Gasteiger partial charge is 0.381 e. The predicted molar refractivity (Wildman–Crippen MR) is 56.2 cm³/mol. The number of nitrogens with one attached hydrogen (secondary N) is 1. The monoisotopic (exact) mass is 199 g/mol. The van der Waals surface area contributed by atoms with Crippen molar-refractivity contribution in [3.05, 3.63) is 0 Å². The molecule has 0 bridgehead atoms. The van der Waals surface area contributed by atoms with Crippen molar-refractivity contribution >= 4 is 0 Å². The second-order valence-electron chi connectivity index (χ2n) is 4.21. The number of hydrogen-bond donors (Lipinski definition) is 2. The zero-order chi connectivity index (χ0) is 9.80. The van der Waals surface area contributed by atoms with Crippen LogP contribution in [-0.4, -0.2) is 56.9 Å². The third-order valence-corrected chi connectivity index (χ3v) is 3.37. The van der Waals surface area contributed by atoms with Gasteiger partial charge in [0.05, 0.1) is 6.61 Å². The predicted octanol–water partition coefficient (Wildman–Crippen LogP) is -0.745. The van der Waals surface area contributed by atoms with Gasteiger partial charge in [0.2, 0.25) is 0 Å². The van der Waals surface area contributed by atoms with Crippen LogP contribution in [0.1, 0.15) is 6.42 Å². The first-order valence-electron chi connectivity index (χ1n) is 5.64. The first-order chi connectivity index (χ1) is 6.92. The van der Waals surface area contributed by atoms with Crippen LogP contribution in [-0.2, 0) is 4.74 Å². The Balaban J connectivity index is 1.89. The first-order valence-corrected chi connectivity index (χ1v) is 5.64. The van der Waals surface area contributed by atoms with E-state index in [0.29, 0.717) is 12.0 Å². The van der Waals surface area contributed by atoms with E-state index < -0.39 is 0 Å². The molecule has 2 rings (SSSR count). The summed E-state index contributed by atoms with van der Waals surface area (Å²) in [6.07, 6.45) is 1.19. The molecule has 0 saturated carbocycles. The van der Waals surface area contributed by atoms with Gasteiger partial charge in [0.1, 0.15) is 0 Å². The first kappa shape index (κ1) is 10.4. The fourth-order valence-corrected chi connectivity index (χ4v) is 2.51. The summed E-state index contributed by atoms with van der Waals surface area (Å²) >= 11 is 0. The molecule has 2 heterocycles. The van der Waals surface area contributed by atoms with Crippen LogP contribution in [0.5, 0.6) is 0 Å². The molecule has 4 heteroatoms. The molecule has 0 radical (unpaired) electrons. The van der Waals surface area contributed by atoms with Crippen LogP contribution < -0.4 is 11.1 Å². The van der Waals surface area contributed by atoms with Crippen LogP contribution in [0.2, 0.25) is 0 Å². The lowest BCUT2D eigenvalue weighted by atomic mass is 9.97. The molecule has 2 saturated heterocycles. The van der Waals surface area contributed by atoms with Gasteiger partial charge in [-0.3, -0.25) is 4.90 Å². The molecule has 82 valence electrons. The van der Waals surface area contributed by atoms with E-state index in [1.165, 1.54) is 6.42 Å². The van der Waals surface area contributed by atoms with Crippen LogP contribution in [0.4, 0.5) is 0 Å². The molecular weight excluding hydrogens is 178 g/mol. The van der Waals surface area contributed by atoms with Crippen molar-refractivity contribution in [2.24, 2.45) is 11.7 Å². The molecule has 0 amide bonds. The van der Waals surface area contributed by atoms with Crippen LogP contribution in [0.25, 0.3) is 0 Å². The highest BCUT2D eigenvalue weighted by atomic mass is 16.5. The maximum absolute atomic E-state index is 5.87. The van der Waals surface area contributed by atoms with Crippen molar-refractivity contribution in [3.63, 3.8) is 0 Å². The molecule has 2 aliphatic rings. The van der Waals surface area contributed by atoms with E-state index in [1.807, 2.05) is 0 Å². The fraction of sp³-hybridized carbons (Fsp3) is 1.00. The van der Waals surface area contributed by atoms with Crippen molar-refractivity contribution in [2.45, 2.75) is 12.5 Å². The van der Waals surface area contributed by atoms with Gasteiger partial charge in [0, 0.05) is 51.3 Å². The standard InChI is InChI=1S/C10H21N3O/c11-7-10(9-1-6-14-8-9)13-4-2-12-3-5-13/h9-10,12H,1-8,11H2. The van der Waals surface area contributed by atoms with Gasteiger partial charge in [-0.1, -0.05) is 0 Å². The lowest BCUT2D eigenvalue weighted by Crippen LogP contribution is -2.53. The van der Waals surface area contributed by atoms with Gasteiger partial charge in [0.25, 0.3) is 0 Å². The molecule has 0 spiro atoms. The highest BCUT2D eigenvalue weighted by Gasteiger charge is 2.29. The second kappa shape index (κ2) is 5.07. The zero-order valence-electron chi connectivity index (χ0n) is 8.74. The van der Waals surface area contributed by atoms with E-state index in [4.69, 9.17) is 10.5 Å². The summed E-state index contributed by atoms with van der Waals surface area (Å²) in [7, 11) is 0. The van der Waals surface area contributed by atoms with Crippen molar-refractivity contribution < 1.29 is 4.74 Å². The number of piperazine rings is 1. The lowest BCUT2D eigenvalue weighted by Gasteiger charge is -2.37. The van der Waals surface area contributed by atoms with Gasteiger partial charge in [-0.15, -0.1) is 0 Å². The summed E-state index contributed by atoms with van der Waals surface area (Å²) in [4.78, 5) is 2.52. The summed E-state index contributed by atoms with van der Waals surface area (Å²) in [6, 6.07) is 0.541. The average Bonchev–Trinajstić information content (AvgIpc) is 2.74. The topological polar surface area (TPSA) is 50.5 Å². The lowest BCUT2D eigenvalue weighted by molar-refractivity contribution is 0.111. The Bertz CT molecular complexity index is 165. The highest BCUT2D eigenvalue weighted by Crippen LogP contribution is 2.20. The normalized spacial score (nSPS) is 31.9. The molecule has 2 aliphatic heterocycles. The SMILES string of the molecule is NCC(C1CCOC1)N1CCNCC1. The van der Waals surface area contributed by atoms with Gasteiger partial charge >= 0.3 is 0 Å². The minimum absolute atomic E-state index is 0.541. The molecule has 2 unspecified atom stereocenters. The van der Waals surface area contributed by atoms with E-state index in [1.54, 1.807) is 0 Å². The number of nitrogens with zero attached hydrogens (tertiary/aromatic N) is 1. The molecule has 2 fully saturated rings. The quantitative estimate of drug-likeness (QED) is 0.628. The Morgan fingerprint density at radius 2 is 2.21 bits per heavy atom. The van der Waals surface area contributed by atoms with Crippen molar-refractivity contribution in [2.75, 3.05) is 45.9 Å². The number of rotatable bonds is 3. The maximum Gasteiger partial charge on any atom is 0.0510 e. The van der Waals surface area contributed by atoms with E-state index in [-0.39, 0.29) is 0 Å². The van der Waals surface area contributed by atoms with Gasteiger partial charge in [-0.25, -0.2) is 0 Å². The summed E-state index contributed by atoms with van der Waals surface area (Å²) in [5.74, 6) is 0.665. The van der Waals surface area contributed by atoms with E-state index >= 15 is 0 Å². The minimum Gasteiger partial charge on any atom is -0.381 e. The Kier molecular flexibility index (Phi) is 3.75. The molecule has 4 nitrogen and oxygen atoms in total. The molecule has 2 atom stereocenters. The number of nitrogens with two attached hydrogens (primary N) is 1. The van der Waals surface area contributed by atoms with Crippen LogP contribution >= 0.6 is 0 Å². The van der Waals surface area contributed by atoms with Crippen LogP contribution in [0.15, 0.2) is 0 Å². The van der Waals surface area contributed by atoms with Gasteiger partial charge in [0.15, 0.2) is 0 Å². The van der Waals surface area contributed by atoms with Gasteiger partial charge in [-0.05, 0) is 6.42 Å². The van der Waals surface area contributed by atoms with Crippen LogP contribution in [0.3, 0.4) is 0 Å².